The molecule has 202 valence electrons. The lowest BCUT2D eigenvalue weighted by Crippen LogP contribution is -2.47. The number of phenolic OH excluding ortho intramolecular Hbond substituents is 1. The minimum atomic E-state index is -1.03. The zero-order valence-corrected chi connectivity index (χ0v) is 22.5. The summed E-state index contributed by atoms with van der Waals surface area (Å²) in [4.78, 5) is 40.9. The van der Waals surface area contributed by atoms with Gasteiger partial charge < -0.3 is 25.4 Å². The first-order valence-electron chi connectivity index (χ1n) is 12.9. The van der Waals surface area contributed by atoms with Crippen LogP contribution in [0, 0.1) is 0 Å². The van der Waals surface area contributed by atoms with Crippen molar-refractivity contribution in [1.82, 2.24) is 10.2 Å². The first-order valence-corrected chi connectivity index (χ1v) is 12.9. The first kappa shape index (κ1) is 28.5. The lowest BCUT2D eigenvalue weighted by Gasteiger charge is -2.32. The lowest BCUT2D eigenvalue weighted by atomic mass is 10.0. The summed E-state index contributed by atoms with van der Waals surface area (Å²) in [5.74, 6) is -0.874. The molecule has 1 atom stereocenters. The number of aromatic hydroxyl groups is 1. The Morgan fingerprint density at radius 2 is 1.68 bits per heavy atom. The molecule has 3 aromatic carbocycles. The molecule has 0 aliphatic heterocycles. The Hall–Kier alpha value is -4.07. The smallest absolute Gasteiger partial charge is 0.408 e. The number of phenols is 1. The summed E-state index contributed by atoms with van der Waals surface area (Å²) >= 11 is 0. The van der Waals surface area contributed by atoms with E-state index in [9.17, 15) is 19.5 Å². The van der Waals surface area contributed by atoms with E-state index in [0.717, 1.165) is 23.6 Å². The lowest BCUT2D eigenvalue weighted by molar-refractivity contribution is -0.138. The molecule has 0 radical (unpaired) electrons. The predicted octanol–water partition coefficient (Wildman–Crippen LogP) is 5.77. The number of rotatable bonds is 10. The number of carbonyl (C=O) groups excluding carboxylic acids is 3. The zero-order valence-electron chi connectivity index (χ0n) is 22.5. The fraction of sp³-hybridized carbons (Fsp3) is 0.367. The number of carbonyl (C=O) groups is 3. The molecule has 8 heteroatoms. The summed E-state index contributed by atoms with van der Waals surface area (Å²) in [5, 5.41) is 17.6. The third-order valence-electron chi connectivity index (χ3n) is 5.87. The standard InChI is InChI=1S/C30H37N3O5/c1-5-6-9-17-33(26(35)20-31-29(37)38-30(2,3)4)27(23-13-10-14-25(34)19-23)28(36)32-24-16-15-21-11-7-8-12-22(21)18-24/h7-8,10-16,18-19,27,34H,5-6,9,17,20H2,1-4H3,(H,31,37)(H,32,36). The van der Waals surface area contributed by atoms with Crippen LogP contribution in [0.1, 0.15) is 58.6 Å². The SMILES string of the molecule is CCCCCN(C(=O)CNC(=O)OC(C)(C)C)C(C(=O)Nc1ccc2ccccc2c1)c1cccc(O)c1. The molecule has 3 aromatic rings. The molecule has 0 spiro atoms. The largest absolute Gasteiger partial charge is 0.508 e. The van der Waals surface area contributed by atoms with Crippen LogP contribution in [0.25, 0.3) is 10.8 Å². The van der Waals surface area contributed by atoms with Crippen molar-refractivity contribution in [2.45, 2.75) is 58.6 Å². The number of alkyl carbamates (subject to hydrolysis) is 1. The molecule has 38 heavy (non-hydrogen) atoms. The molecular weight excluding hydrogens is 482 g/mol. The summed E-state index contributed by atoms with van der Waals surface area (Å²) in [7, 11) is 0. The Morgan fingerprint density at radius 1 is 0.947 bits per heavy atom. The first-order chi connectivity index (χ1) is 18.1. The number of hydrogen-bond donors (Lipinski definition) is 3. The van der Waals surface area contributed by atoms with Gasteiger partial charge in [-0.2, -0.15) is 0 Å². The van der Waals surface area contributed by atoms with Gasteiger partial charge in [-0.1, -0.05) is 62.2 Å². The van der Waals surface area contributed by atoms with E-state index in [1.807, 2.05) is 42.5 Å². The number of ether oxygens (including phenoxy) is 1. The Morgan fingerprint density at radius 3 is 2.37 bits per heavy atom. The highest BCUT2D eigenvalue weighted by atomic mass is 16.6. The second-order valence-electron chi connectivity index (χ2n) is 10.2. The topological polar surface area (TPSA) is 108 Å². The number of benzene rings is 3. The van der Waals surface area contributed by atoms with E-state index < -0.39 is 29.6 Å². The highest BCUT2D eigenvalue weighted by Crippen LogP contribution is 2.27. The van der Waals surface area contributed by atoms with Gasteiger partial charge in [0.05, 0.1) is 0 Å². The van der Waals surface area contributed by atoms with Gasteiger partial charge in [0.1, 0.15) is 23.9 Å². The van der Waals surface area contributed by atoms with Gasteiger partial charge in [0.2, 0.25) is 5.91 Å². The van der Waals surface area contributed by atoms with Gasteiger partial charge in [-0.15, -0.1) is 0 Å². The van der Waals surface area contributed by atoms with Crippen LogP contribution in [-0.4, -0.2) is 46.6 Å². The monoisotopic (exact) mass is 519 g/mol. The van der Waals surface area contributed by atoms with Crippen LogP contribution in [0.2, 0.25) is 0 Å². The van der Waals surface area contributed by atoms with E-state index >= 15 is 0 Å². The molecule has 0 fully saturated rings. The normalized spacial score (nSPS) is 12.0. The number of amides is 3. The Kier molecular flexibility index (Phi) is 9.71. The van der Waals surface area contributed by atoms with Crippen molar-refractivity contribution < 1.29 is 24.2 Å². The molecule has 0 saturated heterocycles. The summed E-state index contributed by atoms with van der Waals surface area (Å²) in [5.41, 5.74) is 0.342. The molecule has 0 saturated carbocycles. The van der Waals surface area contributed by atoms with Crippen molar-refractivity contribution in [2.24, 2.45) is 0 Å². The van der Waals surface area contributed by atoms with Crippen molar-refractivity contribution in [1.29, 1.82) is 0 Å². The number of nitrogens with zero attached hydrogens (tertiary/aromatic N) is 1. The van der Waals surface area contributed by atoms with Crippen molar-refractivity contribution in [3.8, 4) is 5.75 Å². The Labute approximate surface area is 224 Å². The molecular formula is C30H37N3O5. The van der Waals surface area contributed by atoms with E-state index in [2.05, 4.69) is 17.6 Å². The van der Waals surface area contributed by atoms with Crippen LogP contribution in [0.15, 0.2) is 66.7 Å². The second kappa shape index (κ2) is 12.9. The molecule has 0 heterocycles. The van der Waals surface area contributed by atoms with Gasteiger partial charge in [0.15, 0.2) is 0 Å². The van der Waals surface area contributed by atoms with E-state index in [0.29, 0.717) is 24.2 Å². The number of hydrogen-bond acceptors (Lipinski definition) is 5. The third-order valence-corrected chi connectivity index (χ3v) is 5.87. The minimum absolute atomic E-state index is 0.0150. The third kappa shape index (κ3) is 8.23. The molecule has 0 bridgehead atoms. The predicted molar refractivity (Wildman–Crippen MR) is 149 cm³/mol. The van der Waals surface area contributed by atoms with Crippen LogP contribution in [-0.2, 0) is 14.3 Å². The molecule has 0 aliphatic rings. The molecule has 8 nitrogen and oxygen atoms in total. The minimum Gasteiger partial charge on any atom is -0.508 e. The van der Waals surface area contributed by atoms with Gasteiger partial charge in [-0.3, -0.25) is 9.59 Å². The number of fused-ring (bicyclic) bond motifs is 1. The van der Waals surface area contributed by atoms with E-state index in [-0.39, 0.29) is 12.3 Å². The maximum atomic E-state index is 13.8. The highest BCUT2D eigenvalue weighted by Gasteiger charge is 2.32. The van der Waals surface area contributed by atoms with E-state index in [4.69, 9.17) is 4.74 Å². The number of anilines is 1. The van der Waals surface area contributed by atoms with Crippen LogP contribution < -0.4 is 10.6 Å². The average molecular weight is 520 g/mol. The van der Waals surface area contributed by atoms with Crippen LogP contribution in [0.5, 0.6) is 5.75 Å². The van der Waals surface area contributed by atoms with E-state index in [1.165, 1.54) is 17.0 Å². The van der Waals surface area contributed by atoms with Gasteiger partial charge >= 0.3 is 6.09 Å². The van der Waals surface area contributed by atoms with Gasteiger partial charge in [0.25, 0.3) is 5.91 Å². The summed E-state index contributed by atoms with van der Waals surface area (Å²) < 4.78 is 5.26. The summed E-state index contributed by atoms with van der Waals surface area (Å²) in [6.45, 7) is 7.23. The van der Waals surface area contributed by atoms with Gasteiger partial charge in [-0.05, 0) is 67.8 Å². The van der Waals surface area contributed by atoms with Gasteiger partial charge in [-0.25, -0.2) is 4.79 Å². The van der Waals surface area contributed by atoms with E-state index in [1.54, 1.807) is 32.9 Å². The second-order valence-corrected chi connectivity index (χ2v) is 10.2. The molecule has 0 aromatic heterocycles. The maximum absolute atomic E-state index is 13.8. The highest BCUT2D eigenvalue weighted by molar-refractivity contribution is 6.00. The van der Waals surface area contributed by atoms with Crippen molar-refractivity contribution in [3.05, 3.63) is 72.3 Å². The summed E-state index contributed by atoms with van der Waals surface area (Å²) in [6.07, 6.45) is 1.75. The number of unbranched alkanes of at least 4 members (excludes halogenated alkanes) is 2. The van der Waals surface area contributed by atoms with Crippen LogP contribution in [0.4, 0.5) is 10.5 Å². The van der Waals surface area contributed by atoms with Crippen molar-refractivity contribution >= 4 is 34.4 Å². The fourth-order valence-electron chi connectivity index (χ4n) is 4.14. The summed E-state index contributed by atoms with van der Waals surface area (Å²) in [6, 6.07) is 18.7. The Bertz CT molecular complexity index is 1270. The molecule has 3 N–H and O–H groups in total. The molecule has 3 amide bonds. The fourth-order valence-corrected chi connectivity index (χ4v) is 4.14. The Balaban J connectivity index is 1.91. The van der Waals surface area contributed by atoms with Crippen molar-refractivity contribution in [3.63, 3.8) is 0 Å². The van der Waals surface area contributed by atoms with Crippen LogP contribution >= 0.6 is 0 Å². The average Bonchev–Trinajstić information content (AvgIpc) is 2.85. The number of nitrogens with one attached hydrogen (secondary N) is 2. The molecule has 0 aliphatic carbocycles. The van der Waals surface area contributed by atoms with Gasteiger partial charge in [0, 0.05) is 12.2 Å². The zero-order chi connectivity index (χ0) is 27.7. The molecule has 3 rings (SSSR count). The molecule has 1 unspecified atom stereocenters. The maximum Gasteiger partial charge on any atom is 0.408 e. The quantitative estimate of drug-likeness (QED) is 0.295. The van der Waals surface area contributed by atoms with Crippen LogP contribution in [0.3, 0.4) is 0 Å². The van der Waals surface area contributed by atoms with Crippen molar-refractivity contribution in [2.75, 3.05) is 18.4 Å².